The molecule has 3 aromatic heterocycles. The van der Waals surface area contributed by atoms with Crippen molar-refractivity contribution >= 4 is 0 Å². The Morgan fingerprint density at radius 3 is 1.74 bits per heavy atom. The number of unbranched alkanes of at least 4 members (excludes halogenated alkanes) is 3. The topological polar surface area (TPSA) is 47.9 Å². The maximum atomic E-state index is 5.90. The van der Waals surface area contributed by atoms with Gasteiger partial charge in [-0.25, -0.2) is 4.98 Å². The number of rotatable bonds is 9. The third-order valence-electron chi connectivity index (χ3n) is 5.23. The Hall–Kier alpha value is -3.53. The molecule has 4 heteroatoms. The Bertz CT molecular complexity index is 1020. The lowest BCUT2D eigenvalue weighted by Gasteiger charge is -2.11. The molecule has 0 fully saturated rings. The van der Waals surface area contributed by atoms with Gasteiger partial charge in [0.15, 0.2) is 0 Å². The highest BCUT2D eigenvalue weighted by Gasteiger charge is 2.09. The zero-order valence-electron chi connectivity index (χ0n) is 17.9. The van der Waals surface area contributed by atoms with Gasteiger partial charge in [-0.15, -0.1) is 0 Å². The second kappa shape index (κ2) is 10.5. The Kier molecular flexibility index (Phi) is 7.01. The summed E-state index contributed by atoms with van der Waals surface area (Å²) in [6, 6.07) is 20.5. The summed E-state index contributed by atoms with van der Waals surface area (Å²) in [4.78, 5) is 13.2. The zero-order valence-corrected chi connectivity index (χ0v) is 17.9. The van der Waals surface area contributed by atoms with Crippen LogP contribution in [-0.4, -0.2) is 21.6 Å². The molecule has 156 valence electrons. The predicted molar refractivity (Wildman–Crippen MR) is 126 cm³/mol. The summed E-state index contributed by atoms with van der Waals surface area (Å²) in [5.41, 5.74) is 6.17. The van der Waals surface area contributed by atoms with Gasteiger partial charge in [0.1, 0.15) is 5.75 Å². The minimum Gasteiger partial charge on any atom is -0.494 e. The van der Waals surface area contributed by atoms with Crippen LogP contribution < -0.4 is 4.74 Å². The lowest BCUT2D eigenvalue weighted by molar-refractivity contribution is 0.305. The largest absolute Gasteiger partial charge is 0.494 e. The number of benzene rings is 1. The summed E-state index contributed by atoms with van der Waals surface area (Å²) in [6.45, 7) is 2.99. The SMILES string of the molecule is CCCCCCOc1ccc(-c2cc(-c3ccncc3)nc(-c3ccncc3)c2)cc1. The van der Waals surface area contributed by atoms with Crippen LogP contribution in [0.4, 0.5) is 0 Å². The molecule has 0 aliphatic carbocycles. The molecule has 0 aliphatic rings. The van der Waals surface area contributed by atoms with Gasteiger partial charge in [-0.1, -0.05) is 38.3 Å². The van der Waals surface area contributed by atoms with Gasteiger partial charge < -0.3 is 4.74 Å². The van der Waals surface area contributed by atoms with Crippen molar-refractivity contribution in [1.29, 1.82) is 0 Å². The Morgan fingerprint density at radius 1 is 0.613 bits per heavy atom. The molecule has 0 amide bonds. The van der Waals surface area contributed by atoms with Crippen molar-refractivity contribution in [1.82, 2.24) is 15.0 Å². The fraction of sp³-hybridized carbons (Fsp3) is 0.222. The van der Waals surface area contributed by atoms with Crippen molar-refractivity contribution in [2.75, 3.05) is 6.61 Å². The van der Waals surface area contributed by atoms with Crippen molar-refractivity contribution in [3.8, 4) is 39.4 Å². The summed E-state index contributed by atoms with van der Waals surface area (Å²) in [5.74, 6) is 0.915. The molecule has 0 saturated heterocycles. The molecule has 4 nitrogen and oxygen atoms in total. The first-order valence-electron chi connectivity index (χ1n) is 10.9. The molecule has 4 aromatic rings. The van der Waals surface area contributed by atoms with Gasteiger partial charge in [0.05, 0.1) is 18.0 Å². The normalized spacial score (nSPS) is 10.7. The average Bonchev–Trinajstić information content (AvgIpc) is 2.85. The first-order valence-corrected chi connectivity index (χ1v) is 10.9. The third-order valence-corrected chi connectivity index (χ3v) is 5.23. The van der Waals surface area contributed by atoms with Crippen LogP contribution in [0, 0.1) is 0 Å². The molecule has 0 unspecified atom stereocenters. The van der Waals surface area contributed by atoms with Gasteiger partial charge in [-0.3, -0.25) is 9.97 Å². The zero-order chi connectivity index (χ0) is 21.3. The lowest BCUT2D eigenvalue weighted by Crippen LogP contribution is -1.97. The summed E-state index contributed by atoms with van der Waals surface area (Å²) >= 11 is 0. The van der Waals surface area contributed by atoms with E-state index in [1.165, 1.54) is 19.3 Å². The van der Waals surface area contributed by atoms with Crippen molar-refractivity contribution < 1.29 is 4.74 Å². The molecule has 0 spiro atoms. The number of aromatic nitrogens is 3. The van der Waals surface area contributed by atoms with Crippen LogP contribution in [0.25, 0.3) is 33.6 Å². The molecule has 0 aliphatic heterocycles. The van der Waals surface area contributed by atoms with Crippen LogP contribution in [0.2, 0.25) is 0 Å². The van der Waals surface area contributed by atoms with E-state index in [0.29, 0.717) is 0 Å². The lowest BCUT2D eigenvalue weighted by atomic mass is 10.0. The first-order chi connectivity index (χ1) is 15.3. The van der Waals surface area contributed by atoms with E-state index < -0.39 is 0 Å². The molecule has 4 rings (SSSR count). The standard InChI is InChI=1S/C27H27N3O/c1-2-3-4-5-18-31-25-8-6-21(7-9-25)24-19-26(22-10-14-28-15-11-22)30-27(20-24)23-12-16-29-17-13-23/h6-17,19-20H,2-5,18H2,1H3. The molecule has 31 heavy (non-hydrogen) atoms. The second-order valence-electron chi connectivity index (χ2n) is 7.53. The van der Waals surface area contributed by atoms with Crippen LogP contribution in [-0.2, 0) is 0 Å². The van der Waals surface area contributed by atoms with Gasteiger partial charge in [0.25, 0.3) is 0 Å². The molecule has 0 radical (unpaired) electrons. The van der Waals surface area contributed by atoms with E-state index in [1.807, 2.05) is 36.4 Å². The molecule has 0 bridgehead atoms. The minimum absolute atomic E-state index is 0.771. The monoisotopic (exact) mass is 409 g/mol. The maximum Gasteiger partial charge on any atom is 0.119 e. The molecule has 1 aromatic carbocycles. The Balaban J connectivity index is 1.61. The molecular formula is C27H27N3O. The van der Waals surface area contributed by atoms with Crippen LogP contribution in [0.3, 0.4) is 0 Å². The maximum absolute atomic E-state index is 5.90. The summed E-state index contributed by atoms with van der Waals surface area (Å²) < 4.78 is 5.90. The van der Waals surface area contributed by atoms with Gasteiger partial charge in [-0.2, -0.15) is 0 Å². The van der Waals surface area contributed by atoms with Crippen LogP contribution >= 0.6 is 0 Å². The van der Waals surface area contributed by atoms with E-state index >= 15 is 0 Å². The number of nitrogens with zero attached hydrogens (tertiary/aromatic N) is 3. The van der Waals surface area contributed by atoms with Gasteiger partial charge in [0, 0.05) is 35.9 Å². The molecule has 0 N–H and O–H groups in total. The van der Waals surface area contributed by atoms with E-state index in [9.17, 15) is 0 Å². The Morgan fingerprint density at radius 2 is 1.19 bits per heavy atom. The quantitative estimate of drug-likeness (QED) is 0.284. The van der Waals surface area contributed by atoms with Crippen molar-refractivity contribution in [2.45, 2.75) is 32.6 Å². The van der Waals surface area contributed by atoms with Crippen LogP contribution in [0.15, 0.2) is 85.5 Å². The number of ether oxygens (including phenoxy) is 1. The van der Waals surface area contributed by atoms with Gasteiger partial charge >= 0.3 is 0 Å². The van der Waals surface area contributed by atoms with Gasteiger partial charge in [-0.05, 0) is 66.1 Å². The molecule has 3 heterocycles. The Labute approximate surface area is 184 Å². The van der Waals surface area contributed by atoms with Crippen LogP contribution in [0.5, 0.6) is 5.75 Å². The van der Waals surface area contributed by atoms with E-state index in [1.54, 1.807) is 24.8 Å². The average molecular weight is 410 g/mol. The number of pyridine rings is 3. The van der Waals surface area contributed by atoms with E-state index in [4.69, 9.17) is 9.72 Å². The van der Waals surface area contributed by atoms with E-state index in [0.717, 1.165) is 52.4 Å². The van der Waals surface area contributed by atoms with Crippen molar-refractivity contribution in [3.05, 3.63) is 85.5 Å². The fourth-order valence-corrected chi connectivity index (χ4v) is 3.50. The fourth-order valence-electron chi connectivity index (χ4n) is 3.50. The number of hydrogen-bond donors (Lipinski definition) is 0. The van der Waals surface area contributed by atoms with Crippen molar-refractivity contribution in [3.63, 3.8) is 0 Å². The predicted octanol–water partition coefficient (Wildman–Crippen LogP) is 6.83. The number of hydrogen-bond acceptors (Lipinski definition) is 4. The van der Waals surface area contributed by atoms with Crippen molar-refractivity contribution in [2.24, 2.45) is 0 Å². The summed E-state index contributed by atoms with van der Waals surface area (Å²) in [7, 11) is 0. The second-order valence-corrected chi connectivity index (χ2v) is 7.53. The molecule has 0 saturated carbocycles. The smallest absolute Gasteiger partial charge is 0.119 e. The third kappa shape index (κ3) is 5.54. The van der Waals surface area contributed by atoms with Gasteiger partial charge in [0.2, 0.25) is 0 Å². The minimum atomic E-state index is 0.771. The molecular weight excluding hydrogens is 382 g/mol. The van der Waals surface area contributed by atoms with E-state index in [2.05, 4.69) is 41.2 Å². The highest BCUT2D eigenvalue weighted by atomic mass is 16.5. The molecule has 0 atom stereocenters. The highest BCUT2D eigenvalue weighted by molar-refractivity contribution is 5.76. The summed E-state index contributed by atoms with van der Waals surface area (Å²) in [6.07, 6.45) is 12.0. The first kappa shape index (κ1) is 20.7. The van der Waals surface area contributed by atoms with E-state index in [-0.39, 0.29) is 0 Å². The highest BCUT2D eigenvalue weighted by Crippen LogP contribution is 2.30. The van der Waals surface area contributed by atoms with Crippen LogP contribution in [0.1, 0.15) is 32.6 Å². The summed E-state index contributed by atoms with van der Waals surface area (Å²) in [5, 5.41) is 0.